The molecule has 0 radical (unpaired) electrons. The molecule has 2 unspecified atom stereocenters. The molecule has 0 fully saturated rings. The molecule has 0 amide bonds. The molecule has 9 nitrogen and oxygen atoms in total. The van der Waals surface area contributed by atoms with E-state index >= 15 is 0 Å². The summed E-state index contributed by atoms with van der Waals surface area (Å²) < 4.78 is 33.2. The zero-order valence-corrected chi connectivity index (χ0v) is 52.8. The second kappa shape index (κ2) is 64.7. The van der Waals surface area contributed by atoms with Crippen LogP contribution in [0.4, 0.5) is 0 Å². The summed E-state index contributed by atoms with van der Waals surface area (Å²) >= 11 is 0. The van der Waals surface area contributed by atoms with Gasteiger partial charge in [0.1, 0.15) is 6.61 Å². The molecule has 0 aromatic carbocycles. The van der Waals surface area contributed by atoms with E-state index in [1.54, 1.807) is 0 Å². The van der Waals surface area contributed by atoms with Crippen molar-refractivity contribution in [2.75, 3.05) is 26.4 Å². The van der Waals surface area contributed by atoms with E-state index in [-0.39, 0.29) is 38.6 Å². The molecule has 0 spiro atoms. The first kappa shape index (κ1) is 76.5. The molecule has 78 heavy (non-hydrogen) atoms. The van der Waals surface area contributed by atoms with Gasteiger partial charge in [0.15, 0.2) is 6.10 Å². The third-order valence-corrected chi connectivity index (χ3v) is 16.6. The summed E-state index contributed by atoms with van der Waals surface area (Å²) in [6.45, 7) is 3.82. The van der Waals surface area contributed by atoms with Crippen molar-refractivity contribution in [3.63, 3.8) is 0 Å². The van der Waals surface area contributed by atoms with E-state index in [1.807, 2.05) is 0 Å². The summed E-state index contributed by atoms with van der Waals surface area (Å²) in [6.07, 6.45) is 78.4. The summed E-state index contributed by atoms with van der Waals surface area (Å²) in [6, 6.07) is 0. The predicted octanol–water partition coefficient (Wildman–Crippen LogP) is 22.1. The van der Waals surface area contributed by atoms with Gasteiger partial charge in [-0.3, -0.25) is 18.6 Å². The largest absolute Gasteiger partial charge is 0.472 e. The molecule has 0 aromatic heterocycles. The zero-order chi connectivity index (χ0) is 56.6. The van der Waals surface area contributed by atoms with Gasteiger partial charge in [0.2, 0.25) is 0 Å². The van der Waals surface area contributed by atoms with Gasteiger partial charge in [-0.1, -0.05) is 334 Å². The molecular weight excluding hydrogens is 990 g/mol. The first-order chi connectivity index (χ1) is 38.3. The highest BCUT2D eigenvalue weighted by atomic mass is 31.2. The SMILES string of the molecule is CCCCCCC/C=C\C/C=C\CCCCCCCCCCCCCCCCCCCC(=O)OC(COC(=O)CCCCCCCCCCCCCCCCCCCCCCCCCCCCCC)COP(=O)(O)OCCN. The molecule has 2 atom stereocenters. The number of allylic oxidation sites excluding steroid dienone is 4. The molecule has 0 aliphatic rings. The highest BCUT2D eigenvalue weighted by Crippen LogP contribution is 2.43. The van der Waals surface area contributed by atoms with Gasteiger partial charge in [-0.05, 0) is 44.9 Å². The lowest BCUT2D eigenvalue weighted by atomic mass is 10.0. The van der Waals surface area contributed by atoms with Crippen LogP contribution in [0.2, 0.25) is 0 Å². The Morgan fingerprint density at radius 1 is 0.385 bits per heavy atom. The molecule has 0 bridgehead atoms. The quantitative estimate of drug-likeness (QED) is 0.0264. The first-order valence-electron chi connectivity index (χ1n) is 34.3. The van der Waals surface area contributed by atoms with Crippen molar-refractivity contribution in [3.8, 4) is 0 Å². The first-order valence-corrected chi connectivity index (χ1v) is 35.8. The lowest BCUT2D eigenvalue weighted by Gasteiger charge is -2.19. The lowest BCUT2D eigenvalue weighted by molar-refractivity contribution is -0.161. The summed E-state index contributed by atoms with van der Waals surface area (Å²) in [5.74, 6) is -0.803. The van der Waals surface area contributed by atoms with Gasteiger partial charge in [-0.25, -0.2) is 4.57 Å². The molecule has 0 aliphatic carbocycles. The smallest absolute Gasteiger partial charge is 0.462 e. The van der Waals surface area contributed by atoms with Crippen molar-refractivity contribution in [1.29, 1.82) is 0 Å². The maximum atomic E-state index is 12.8. The average Bonchev–Trinajstić information content (AvgIpc) is 3.43. The average molecular weight is 1120 g/mol. The van der Waals surface area contributed by atoms with E-state index in [9.17, 15) is 19.0 Å². The molecule has 0 aromatic rings. The fraction of sp³-hybridized carbons (Fsp3) is 0.912. The van der Waals surface area contributed by atoms with E-state index in [2.05, 4.69) is 38.2 Å². The summed E-state index contributed by atoms with van der Waals surface area (Å²) in [4.78, 5) is 35.3. The molecule has 3 N–H and O–H groups in total. The third kappa shape index (κ3) is 63.7. The normalized spacial score (nSPS) is 13.0. The molecule has 0 heterocycles. The summed E-state index contributed by atoms with van der Waals surface area (Å²) in [7, 11) is -4.39. The van der Waals surface area contributed by atoms with Gasteiger partial charge < -0.3 is 20.1 Å². The number of rotatable bonds is 66. The molecule has 0 aliphatic heterocycles. The van der Waals surface area contributed by atoms with Crippen molar-refractivity contribution >= 4 is 19.8 Å². The Hall–Kier alpha value is -1.51. The van der Waals surface area contributed by atoms with Gasteiger partial charge in [-0.15, -0.1) is 0 Å². The summed E-state index contributed by atoms with van der Waals surface area (Å²) in [5.41, 5.74) is 5.40. The van der Waals surface area contributed by atoms with Crippen molar-refractivity contribution in [3.05, 3.63) is 24.3 Å². The minimum absolute atomic E-state index is 0.0567. The molecule has 0 saturated heterocycles. The fourth-order valence-corrected chi connectivity index (χ4v) is 11.3. The summed E-state index contributed by atoms with van der Waals surface area (Å²) in [5, 5.41) is 0. The van der Waals surface area contributed by atoms with Crippen LogP contribution >= 0.6 is 7.82 Å². The number of nitrogens with two attached hydrogens (primary N) is 1. The van der Waals surface area contributed by atoms with Gasteiger partial charge in [0.05, 0.1) is 13.2 Å². The number of ether oxygens (including phenoxy) is 2. The molecule has 0 saturated carbocycles. The van der Waals surface area contributed by atoms with Crippen LogP contribution in [0.25, 0.3) is 0 Å². The Kier molecular flexibility index (Phi) is 63.4. The standard InChI is InChI=1S/C68H132NO8P/c1-3-5-7-9-11-13-15-17-19-21-23-25-27-29-31-33-35-37-39-41-43-45-47-49-51-53-55-57-59-61-68(71)77-66(65-76-78(72,73)75-63-62-69)64-74-67(70)60-58-56-54-52-50-48-46-44-42-40-38-36-34-32-30-28-26-24-22-20-18-16-14-12-10-8-6-4-2/h15,17,21,23,66H,3-14,16,18-20,22,24-65,69H2,1-2H3,(H,72,73)/b17-15-,23-21-. The zero-order valence-electron chi connectivity index (χ0n) is 51.9. The highest BCUT2D eigenvalue weighted by Gasteiger charge is 2.26. The van der Waals surface area contributed by atoms with Gasteiger partial charge >= 0.3 is 19.8 Å². The lowest BCUT2D eigenvalue weighted by Crippen LogP contribution is -2.29. The topological polar surface area (TPSA) is 134 Å². The molecule has 462 valence electrons. The second-order valence-electron chi connectivity index (χ2n) is 23.4. The number of carbonyl (C=O) groups is 2. The van der Waals surface area contributed by atoms with Crippen LogP contribution in [0.3, 0.4) is 0 Å². The third-order valence-electron chi connectivity index (χ3n) is 15.6. The fourth-order valence-electron chi connectivity index (χ4n) is 10.5. The Bertz CT molecular complexity index is 1330. The van der Waals surface area contributed by atoms with Crippen LogP contribution in [0, 0.1) is 0 Å². The van der Waals surface area contributed by atoms with Crippen molar-refractivity contribution < 1.29 is 37.6 Å². The van der Waals surface area contributed by atoms with Crippen molar-refractivity contribution in [2.24, 2.45) is 5.73 Å². The van der Waals surface area contributed by atoms with Crippen LogP contribution in [-0.2, 0) is 32.7 Å². The maximum absolute atomic E-state index is 12.8. The van der Waals surface area contributed by atoms with E-state index in [1.165, 1.54) is 295 Å². The Balaban J connectivity index is 3.83. The van der Waals surface area contributed by atoms with E-state index < -0.39 is 26.5 Å². The number of hydrogen-bond donors (Lipinski definition) is 2. The number of phosphoric acid groups is 1. The Morgan fingerprint density at radius 2 is 0.667 bits per heavy atom. The van der Waals surface area contributed by atoms with Crippen molar-refractivity contribution in [1.82, 2.24) is 0 Å². The molecule has 10 heteroatoms. The second-order valence-corrected chi connectivity index (χ2v) is 24.9. The molecular formula is C68H132NO8P. The number of esters is 2. The van der Waals surface area contributed by atoms with Crippen LogP contribution < -0.4 is 5.73 Å². The van der Waals surface area contributed by atoms with Crippen LogP contribution in [0.1, 0.15) is 367 Å². The van der Waals surface area contributed by atoms with Crippen molar-refractivity contribution in [2.45, 2.75) is 373 Å². The highest BCUT2D eigenvalue weighted by molar-refractivity contribution is 7.47. The van der Waals surface area contributed by atoms with Gasteiger partial charge in [0, 0.05) is 19.4 Å². The van der Waals surface area contributed by atoms with E-state index in [4.69, 9.17) is 24.3 Å². The van der Waals surface area contributed by atoms with Gasteiger partial charge in [0.25, 0.3) is 0 Å². The maximum Gasteiger partial charge on any atom is 0.472 e. The minimum Gasteiger partial charge on any atom is -0.462 e. The number of phosphoric ester groups is 1. The number of unbranched alkanes of at least 4 members (excludes halogenated alkanes) is 49. The molecule has 0 rings (SSSR count). The minimum atomic E-state index is -4.39. The van der Waals surface area contributed by atoms with Crippen LogP contribution in [-0.4, -0.2) is 49.3 Å². The number of hydrogen-bond acceptors (Lipinski definition) is 8. The Morgan fingerprint density at radius 3 is 0.974 bits per heavy atom. The van der Waals surface area contributed by atoms with E-state index in [0.717, 1.165) is 38.5 Å². The number of carbonyl (C=O) groups excluding carboxylic acids is 2. The Labute approximate surface area is 484 Å². The predicted molar refractivity (Wildman–Crippen MR) is 335 cm³/mol. The van der Waals surface area contributed by atoms with Crippen LogP contribution in [0.5, 0.6) is 0 Å². The monoisotopic (exact) mass is 1120 g/mol. The van der Waals surface area contributed by atoms with E-state index in [0.29, 0.717) is 6.42 Å². The van der Waals surface area contributed by atoms with Gasteiger partial charge in [-0.2, -0.15) is 0 Å². The van der Waals surface area contributed by atoms with Crippen LogP contribution in [0.15, 0.2) is 24.3 Å².